The highest BCUT2D eigenvalue weighted by Gasteiger charge is 2.49. The molecule has 0 saturated heterocycles. The molecule has 2 aromatic carbocycles. The molecule has 1 aliphatic carbocycles. The van der Waals surface area contributed by atoms with Gasteiger partial charge in [-0.3, -0.25) is 0 Å². The van der Waals surface area contributed by atoms with Crippen molar-refractivity contribution >= 4 is 16.7 Å². The van der Waals surface area contributed by atoms with Crippen molar-refractivity contribution < 1.29 is 9.50 Å². The normalized spacial score (nSPS) is 21.9. The van der Waals surface area contributed by atoms with Crippen molar-refractivity contribution in [3.05, 3.63) is 83.9 Å². The zero-order valence-electron chi connectivity index (χ0n) is 21.5. The molecule has 1 aliphatic rings. The van der Waals surface area contributed by atoms with E-state index in [4.69, 9.17) is 15.8 Å². The Morgan fingerprint density at radius 2 is 1.70 bits per heavy atom. The van der Waals surface area contributed by atoms with Crippen LogP contribution >= 0.6 is 0 Å². The summed E-state index contributed by atoms with van der Waals surface area (Å²) in [6.45, 7) is 8.14. The first-order chi connectivity index (χ1) is 17.4. The van der Waals surface area contributed by atoms with Crippen LogP contribution in [0.5, 0.6) is 0 Å². The summed E-state index contributed by atoms with van der Waals surface area (Å²) in [6.07, 6.45) is 2.78. The molecule has 0 amide bonds. The van der Waals surface area contributed by atoms with E-state index in [9.17, 15) is 5.11 Å². The second kappa shape index (κ2) is 7.91. The van der Waals surface area contributed by atoms with Gasteiger partial charge in [-0.1, -0.05) is 63.2 Å². The molecular weight excluding hydrogens is 465 g/mol. The van der Waals surface area contributed by atoms with E-state index in [1.807, 2.05) is 49.4 Å². The van der Waals surface area contributed by atoms with Gasteiger partial charge in [0, 0.05) is 45.3 Å². The van der Waals surface area contributed by atoms with Crippen LogP contribution in [0.3, 0.4) is 0 Å². The van der Waals surface area contributed by atoms with E-state index in [0.717, 1.165) is 22.2 Å². The average molecular weight is 496 g/mol. The van der Waals surface area contributed by atoms with Crippen LogP contribution < -0.4 is 5.73 Å². The highest BCUT2D eigenvalue weighted by atomic mass is 19.1. The van der Waals surface area contributed by atoms with Crippen LogP contribution in [0.15, 0.2) is 66.9 Å². The predicted octanol–water partition coefficient (Wildman–Crippen LogP) is 5.75. The van der Waals surface area contributed by atoms with E-state index in [1.54, 1.807) is 22.8 Å². The second-order valence-corrected chi connectivity index (χ2v) is 11.7. The number of aliphatic hydroxyl groups is 1. The van der Waals surface area contributed by atoms with Crippen LogP contribution in [0.25, 0.3) is 39.1 Å². The molecule has 3 aromatic heterocycles. The summed E-state index contributed by atoms with van der Waals surface area (Å²) in [5.41, 5.74) is 11.0. The lowest BCUT2D eigenvalue weighted by molar-refractivity contribution is -0.0738. The molecule has 7 heteroatoms. The van der Waals surface area contributed by atoms with Gasteiger partial charge in [0.15, 0.2) is 11.3 Å². The Hall–Kier alpha value is -3.68. The monoisotopic (exact) mass is 495 g/mol. The molecule has 0 atom stereocenters. The van der Waals surface area contributed by atoms with Crippen molar-refractivity contribution in [2.24, 2.45) is 5.73 Å². The summed E-state index contributed by atoms with van der Waals surface area (Å²) in [5.74, 6) is -0.317. The Bertz CT molecular complexity index is 1660. The molecule has 0 spiro atoms. The molecule has 37 heavy (non-hydrogen) atoms. The Labute approximate surface area is 215 Å². The average Bonchev–Trinajstić information content (AvgIpc) is 3.28. The maximum atomic E-state index is 15.0. The minimum Gasteiger partial charge on any atom is -0.390 e. The topological polar surface area (TPSA) is 89.3 Å². The Morgan fingerprint density at radius 1 is 1.00 bits per heavy atom. The van der Waals surface area contributed by atoms with Crippen LogP contribution in [0.2, 0.25) is 0 Å². The third-order valence-electron chi connectivity index (χ3n) is 7.32. The standard InChI is InChI=1S/C30H30FN5O/c1-28(2,3)24-14-25-33-15-19-13-22(21-7-5-6-8-23(21)31)26(34-27(19)36(25)35-24)18-9-11-20(12-10-18)30(32)16-29(4,37)17-30/h5-15,37H,16-17,32H2,1-4H3/t29-,30+. The largest absolute Gasteiger partial charge is 0.390 e. The van der Waals surface area contributed by atoms with E-state index in [0.29, 0.717) is 41.0 Å². The van der Waals surface area contributed by atoms with E-state index < -0.39 is 11.1 Å². The number of nitrogens with two attached hydrogens (primary N) is 1. The molecule has 0 unspecified atom stereocenters. The Morgan fingerprint density at radius 3 is 2.35 bits per heavy atom. The Balaban J connectivity index is 1.55. The fourth-order valence-corrected chi connectivity index (χ4v) is 5.48. The van der Waals surface area contributed by atoms with Crippen LogP contribution in [0.1, 0.15) is 51.8 Å². The maximum absolute atomic E-state index is 15.0. The first-order valence-corrected chi connectivity index (χ1v) is 12.5. The van der Waals surface area contributed by atoms with Crippen molar-refractivity contribution in [1.82, 2.24) is 19.6 Å². The third-order valence-corrected chi connectivity index (χ3v) is 7.32. The van der Waals surface area contributed by atoms with E-state index in [-0.39, 0.29) is 11.2 Å². The van der Waals surface area contributed by atoms with Crippen molar-refractivity contribution in [2.75, 3.05) is 0 Å². The first-order valence-electron chi connectivity index (χ1n) is 12.5. The summed E-state index contributed by atoms with van der Waals surface area (Å²) >= 11 is 0. The van der Waals surface area contributed by atoms with Gasteiger partial charge in [-0.25, -0.2) is 14.4 Å². The summed E-state index contributed by atoms with van der Waals surface area (Å²) < 4.78 is 16.8. The molecule has 0 aliphatic heterocycles. The van der Waals surface area contributed by atoms with Crippen LogP contribution in [-0.4, -0.2) is 30.3 Å². The van der Waals surface area contributed by atoms with Crippen LogP contribution in [-0.2, 0) is 11.0 Å². The minimum atomic E-state index is -0.736. The summed E-state index contributed by atoms with van der Waals surface area (Å²) in [7, 11) is 0. The molecule has 0 radical (unpaired) electrons. The lowest BCUT2D eigenvalue weighted by atomic mass is 9.63. The fraction of sp³-hybridized carbons (Fsp3) is 0.300. The van der Waals surface area contributed by atoms with Gasteiger partial charge in [-0.2, -0.15) is 9.61 Å². The smallest absolute Gasteiger partial charge is 0.165 e. The lowest BCUT2D eigenvalue weighted by Gasteiger charge is -2.49. The van der Waals surface area contributed by atoms with Gasteiger partial charge in [0.2, 0.25) is 0 Å². The zero-order valence-corrected chi connectivity index (χ0v) is 21.5. The molecule has 6 rings (SSSR count). The first kappa shape index (κ1) is 23.7. The number of nitrogens with zero attached hydrogens (tertiary/aromatic N) is 4. The predicted molar refractivity (Wildman–Crippen MR) is 144 cm³/mol. The summed E-state index contributed by atoms with van der Waals surface area (Å²) in [5, 5.41) is 15.8. The highest BCUT2D eigenvalue weighted by molar-refractivity contribution is 5.90. The molecule has 3 heterocycles. The van der Waals surface area contributed by atoms with E-state index in [1.165, 1.54) is 6.07 Å². The van der Waals surface area contributed by atoms with E-state index >= 15 is 4.39 Å². The molecule has 3 N–H and O–H groups in total. The van der Waals surface area contributed by atoms with Crippen LogP contribution in [0, 0.1) is 5.82 Å². The number of aromatic nitrogens is 4. The molecule has 1 saturated carbocycles. The number of hydrogen-bond donors (Lipinski definition) is 2. The summed E-state index contributed by atoms with van der Waals surface area (Å²) in [4.78, 5) is 9.66. The molecule has 0 bridgehead atoms. The van der Waals surface area contributed by atoms with Gasteiger partial charge in [0.1, 0.15) is 5.82 Å². The highest BCUT2D eigenvalue weighted by Crippen LogP contribution is 2.46. The van der Waals surface area contributed by atoms with Crippen molar-refractivity contribution in [2.45, 2.75) is 57.1 Å². The number of rotatable bonds is 3. The molecule has 188 valence electrons. The number of benzene rings is 2. The van der Waals surface area contributed by atoms with E-state index in [2.05, 4.69) is 25.8 Å². The SMILES string of the molecule is CC(C)(C)c1cc2ncc3cc(-c4ccccc4F)c(-c4ccc([C@]5(N)C[C@@](C)(O)C5)cc4)nc3n2n1. The fourth-order valence-electron chi connectivity index (χ4n) is 5.48. The summed E-state index contributed by atoms with van der Waals surface area (Å²) in [6, 6.07) is 18.5. The molecule has 5 aromatic rings. The maximum Gasteiger partial charge on any atom is 0.165 e. The second-order valence-electron chi connectivity index (χ2n) is 11.7. The Kier molecular flexibility index (Phi) is 5.07. The van der Waals surface area contributed by atoms with Crippen molar-refractivity contribution in [3.63, 3.8) is 0 Å². The number of pyridine rings is 1. The van der Waals surface area contributed by atoms with Gasteiger partial charge in [0.05, 0.1) is 17.0 Å². The molecule has 6 nitrogen and oxygen atoms in total. The molecular formula is C30H30FN5O. The minimum absolute atomic E-state index is 0.143. The van der Waals surface area contributed by atoms with Gasteiger partial charge >= 0.3 is 0 Å². The van der Waals surface area contributed by atoms with Gasteiger partial charge in [-0.15, -0.1) is 0 Å². The zero-order chi connectivity index (χ0) is 26.2. The van der Waals surface area contributed by atoms with Gasteiger partial charge < -0.3 is 10.8 Å². The van der Waals surface area contributed by atoms with Gasteiger partial charge in [0.25, 0.3) is 0 Å². The van der Waals surface area contributed by atoms with Gasteiger partial charge in [-0.05, 0) is 37.5 Å². The van der Waals surface area contributed by atoms with Crippen molar-refractivity contribution in [3.8, 4) is 22.4 Å². The molecule has 1 fully saturated rings. The third kappa shape index (κ3) is 3.99. The number of halogens is 1. The quantitative estimate of drug-likeness (QED) is 0.333. The number of hydrogen-bond acceptors (Lipinski definition) is 5. The van der Waals surface area contributed by atoms with Crippen molar-refractivity contribution in [1.29, 1.82) is 0 Å². The van der Waals surface area contributed by atoms with Crippen LogP contribution in [0.4, 0.5) is 4.39 Å². The lowest BCUT2D eigenvalue weighted by Crippen LogP contribution is -2.58. The number of fused-ring (bicyclic) bond motifs is 3.